The Morgan fingerprint density at radius 1 is 1.56 bits per heavy atom. The Balaban J connectivity index is 3.06. The molecule has 0 N–H and O–H groups in total. The molecule has 1 aromatic heterocycles. The fourth-order valence-corrected chi connectivity index (χ4v) is 4.20. The maximum Gasteiger partial charge on any atom is 0.243 e. The standard InChI is InChI=1S/C11H17ClN2O2S2/c1-4-9(8-17-3)14(2)18(15,16)10-5-6-13-11(12)7-10/h5-7,9H,4,8H2,1-3H3. The minimum atomic E-state index is -3.50. The highest BCUT2D eigenvalue weighted by Gasteiger charge is 2.26. The first-order chi connectivity index (χ1) is 8.43. The Morgan fingerprint density at radius 2 is 2.22 bits per heavy atom. The van der Waals surface area contributed by atoms with Crippen molar-refractivity contribution in [2.45, 2.75) is 24.3 Å². The van der Waals surface area contributed by atoms with E-state index in [0.717, 1.165) is 12.2 Å². The molecular formula is C11H17ClN2O2S2. The monoisotopic (exact) mass is 308 g/mol. The molecule has 7 heteroatoms. The number of hydrogen-bond donors (Lipinski definition) is 0. The van der Waals surface area contributed by atoms with Crippen molar-refractivity contribution >= 4 is 33.4 Å². The Morgan fingerprint density at radius 3 is 2.72 bits per heavy atom. The Kier molecular flexibility index (Phi) is 5.91. The van der Waals surface area contributed by atoms with Crippen LogP contribution in [-0.4, -0.2) is 42.8 Å². The van der Waals surface area contributed by atoms with E-state index in [1.54, 1.807) is 18.8 Å². The van der Waals surface area contributed by atoms with Gasteiger partial charge in [0.2, 0.25) is 10.0 Å². The Bertz CT molecular complexity index is 494. The number of rotatable bonds is 6. The summed E-state index contributed by atoms with van der Waals surface area (Å²) in [5.74, 6) is 0.769. The molecule has 18 heavy (non-hydrogen) atoms. The van der Waals surface area contributed by atoms with Crippen molar-refractivity contribution in [3.05, 3.63) is 23.5 Å². The van der Waals surface area contributed by atoms with Gasteiger partial charge in [-0.1, -0.05) is 18.5 Å². The van der Waals surface area contributed by atoms with Crippen LogP contribution >= 0.6 is 23.4 Å². The van der Waals surface area contributed by atoms with Gasteiger partial charge in [0, 0.05) is 25.0 Å². The molecule has 0 saturated heterocycles. The summed E-state index contributed by atoms with van der Waals surface area (Å²) in [7, 11) is -1.89. The minimum absolute atomic E-state index is 0.0167. The van der Waals surface area contributed by atoms with E-state index in [1.165, 1.54) is 22.6 Å². The van der Waals surface area contributed by atoms with E-state index in [2.05, 4.69) is 4.98 Å². The van der Waals surface area contributed by atoms with Crippen molar-refractivity contribution in [2.75, 3.05) is 19.1 Å². The fraction of sp³-hybridized carbons (Fsp3) is 0.545. The highest BCUT2D eigenvalue weighted by atomic mass is 35.5. The molecule has 0 amide bonds. The van der Waals surface area contributed by atoms with Gasteiger partial charge in [-0.2, -0.15) is 16.1 Å². The van der Waals surface area contributed by atoms with Crippen LogP contribution in [0.1, 0.15) is 13.3 Å². The van der Waals surface area contributed by atoms with E-state index in [1.807, 2.05) is 13.2 Å². The third-order valence-corrected chi connectivity index (χ3v) is 5.55. The zero-order valence-electron chi connectivity index (χ0n) is 10.6. The molecule has 1 unspecified atom stereocenters. The zero-order valence-corrected chi connectivity index (χ0v) is 13.0. The second kappa shape index (κ2) is 6.75. The van der Waals surface area contributed by atoms with Gasteiger partial charge in [0.15, 0.2) is 0 Å². The summed E-state index contributed by atoms with van der Waals surface area (Å²) >= 11 is 7.36. The van der Waals surface area contributed by atoms with Gasteiger partial charge >= 0.3 is 0 Å². The molecule has 0 aromatic carbocycles. The van der Waals surface area contributed by atoms with E-state index >= 15 is 0 Å². The molecule has 0 saturated carbocycles. The summed E-state index contributed by atoms with van der Waals surface area (Å²) in [6.07, 6.45) is 4.14. The molecule has 102 valence electrons. The second-order valence-corrected chi connectivity index (χ2v) is 7.15. The van der Waals surface area contributed by atoms with Crippen LogP contribution in [0.5, 0.6) is 0 Å². The predicted molar refractivity (Wildman–Crippen MR) is 76.7 cm³/mol. The number of hydrogen-bond acceptors (Lipinski definition) is 4. The quantitative estimate of drug-likeness (QED) is 0.758. The van der Waals surface area contributed by atoms with Gasteiger partial charge in [-0.15, -0.1) is 0 Å². The lowest BCUT2D eigenvalue weighted by atomic mass is 10.3. The number of halogens is 1. The maximum absolute atomic E-state index is 12.4. The third-order valence-electron chi connectivity index (χ3n) is 2.72. The van der Waals surface area contributed by atoms with Gasteiger partial charge in [0.1, 0.15) is 5.15 Å². The Labute approximate surface area is 118 Å². The first-order valence-electron chi connectivity index (χ1n) is 5.52. The number of sulfonamides is 1. The lowest BCUT2D eigenvalue weighted by Gasteiger charge is -2.25. The molecule has 4 nitrogen and oxygen atoms in total. The molecule has 1 heterocycles. The first-order valence-corrected chi connectivity index (χ1v) is 8.73. The molecule has 0 spiro atoms. The number of nitrogens with zero attached hydrogens (tertiary/aromatic N) is 2. The summed E-state index contributed by atoms with van der Waals surface area (Å²) in [6, 6.07) is 2.82. The summed E-state index contributed by atoms with van der Waals surface area (Å²) in [6.45, 7) is 1.98. The molecule has 0 fully saturated rings. The topological polar surface area (TPSA) is 50.3 Å². The van der Waals surface area contributed by atoms with Crippen LogP contribution < -0.4 is 0 Å². The molecule has 0 aliphatic heterocycles. The van der Waals surface area contributed by atoms with Crippen molar-refractivity contribution in [1.82, 2.24) is 9.29 Å². The summed E-state index contributed by atoms with van der Waals surface area (Å²) in [5, 5.41) is 0.183. The van der Waals surface area contributed by atoms with E-state index in [-0.39, 0.29) is 16.1 Å². The van der Waals surface area contributed by atoms with Gasteiger partial charge in [0.05, 0.1) is 4.90 Å². The van der Waals surface area contributed by atoms with Crippen molar-refractivity contribution in [2.24, 2.45) is 0 Å². The summed E-state index contributed by atoms with van der Waals surface area (Å²) in [4.78, 5) is 3.98. The minimum Gasteiger partial charge on any atom is -0.244 e. The first kappa shape index (κ1) is 15.8. The Hall–Kier alpha value is -0.300. The van der Waals surface area contributed by atoms with Gasteiger partial charge in [0.25, 0.3) is 0 Å². The predicted octanol–water partition coefficient (Wildman–Crippen LogP) is 2.50. The van der Waals surface area contributed by atoms with Crippen LogP contribution in [-0.2, 0) is 10.0 Å². The number of thioether (sulfide) groups is 1. The van der Waals surface area contributed by atoms with Crippen molar-refractivity contribution in [3.63, 3.8) is 0 Å². The van der Waals surface area contributed by atoms with E-state index < -0.39 is 10.0 Å². The molecule has 0 radical (unpaired) electrons. The summed E-state index contributed by atoms with van der Waals surface area (Å²) in [5.41, 5.74) is 0. The second-order valence-electron chi connectivity index (χ2n) is 3.85. The van der Waals surface area contributed by atoms with Crippen molar-refractivity contribution in [3.8, 4) is 0 Å². The molecule has 1 aromatic rings. The fourth-order valence-electron chi connectivity index (χ4n) is 1.58. The van der Waals surface area contributed by atoms with Crippen LogP contribution in [0.15, 0.2) is 23.2 Å². The highest BCUT2D eigenvalue weighted by Crippen LogP contribution is 2.21. The largest absolute Gasteiger partial charge is 0.244 e. The van der Waals surface area contributed by atoms with Gasteiger partial charge in [-0.25, -0.2) is 13.4 Å². The third kappa shape index (κ3) is 3.60. The van der Waals surface area contributed by atoms with Crippen molar-refractivity contribution < 1.29 is 8.42 Å². The highest BCUT2D eigenvalue weighted by molar-refractivity contribution is 7.98. The smallest absolute Gasteiger partial charge is 0.243 e. The number of aromatic nitrogens is 1. The van der Waals surface area contributed by atoms with Crippen molar-refractivity contribution in [1.29, 1.82) is 0 Å². The lowest BCUT2D eigenvalue weighted by molar-refractivity contribution is 0.385. The summed E-state index contributed by atoms with van der Waals surface area (Å²) < 4.78 is 26.2. The van der Waals surface area contributed by atoms with Crippen LogP contribution in [0.4, 0.5) is 0 Å². The van der Waals surface area contributed by atoms with Crippen LogP contribution in [0.3, 0.4) is 0 Å². The van der Waals surface area contributed by atoms with Gasteiger partial charge < -0.3 is 0 Å². The zero-order chi connectivity index (χ0) is 13.8. The van der Waals surface area contributed by atoms with E-state index in [9.17, 15) is 8.42 Å². The molecule has 1 atom stereocenters. The van der Waals surface area contributed by atoms with Crippen LogP contribution in [0, 0.1) is 0 Å². The average molecular weight is 309 g/mol. The van der Waals surface area contributed by atoms with E-state index in [4.69, 9.17) is 11.6 Å². The average Bonchev–Trinajstić information content (AvgIpc) is 2.35. The molecule has 0 bridgehead atoms. The van der Waals surface area contributed by atoms with Gasteiger partial charge in [-0.05, 0) is 24.8 Å². The van der Waals surface area contributed by atoms with Crippen LogP contribution in [0.2, 0.25) is 5.15 Å². The molecular weight excluding hydrogens is 292 g/mol. The van der Waals surface area contributed by atoms with Gasteiger partial charge in [-0.3, -0.25) is 0 Å². The van der Waals surface area contributed by atoms with Crippen LogP contribution in [0.25, 0.3) is 0 Å². The molecule has 1 rings (SSSR count). The molecule has 0 aliphatic rings. The molecule has 0 aliphatic carbocycles. The lowest BCUT2D eigenvalue weighted by Crippen LogP contribution is -2.38. The maximum atomic E-state index is 12.4. The SMILES string of the molecule is CCC(CSC)N(C)S(=O)(=O)c1ccnc(Cl)c1. The van der Waals surface area contributed by atoms with E-state index in [0.29, 0.717) is 0 Å². The normalized spacial score (nSPS) is 13.8. The number of pyridine rings is 1.